The van der Waals surface area contributed by atoms with Crippen molar-refractivity contribution in [3.63, 3.8) is 0 Å². The van der Waals surface area contributed by atoms with Crippen LogP contribution in [0.5, 0.6) is 17.4 Å². The minimum atomic E-state index is -0.0376. The van der Waals surface area contributed by atoms with Crippen LogP contribution in [0.15, 0.2) is 54.7 Å². The molecule has 3 rings (SSSR count). The third-order valence-electron chi connectivity index (χ3n) is 3.91. The van der Waals surface area contributed by atoms with Crippen molar-refractivity contribution in [2.75, 3.05) is 7.11 Å². The Balaban J connectivity index is 1.81. The molecule has 1 unspecified atom stereocenters. The molecule has 0 spiro atoms. The van der Waals surface area contributed by atoms with Crippen molar-refractivity contribution >= 4 is 16.7 Å². The van der Waals surface area contributed by atoms with E-state index in [2.05, 4.69) is 16.4 Å². The fourth-order valence-electron chi connectivity index (χ4n) is 2.65. The van der Waals surface area contributed by atoms with Crippen LogP contribution in [0.4, 0.5) is 0 Å². The molecular weight excluding hydrogens is 316 g/mol. The van der Waals surface area contributed by atoms with Crippen LogP contribution in [0, 0.1) is 0 Å². The number of benzene rings is 2. The number of carbonyl (C=O) groups excluding carboxylic acids is 1. The number of ether oxygens (including phenoxy) is 2. The Hall–Kier alpha value is -3.08. The number of rotatable bonds is 5. The highest BCUT2D eigenvalue weighted by atomic mass is 16.5. The van der Waals surface area contributed by atoms with Gasteiger partial charge >= 0.3 is 0 Å². The van der Waals surface area contributed by atoms with Crippen molar-refractivity contribution in [1.29, 1.82) is 0 Å². The lowest BCUT2D eigenvalue weighted by Gasteiger charge is -2.14. The number of methoxy groups -OCH3 is 1. The standard InChI is InChI=1S/C20H20N2O3/c1-13(22-14(2)23)15-4-5-17-11-18(7-6-16(17)10-15)25-19-8-9-20(24-3)21-12-19/h4-13H,1-3H3,(H,22,23). The fraction of sp³-hybridized carbons (Fsp3) is 0.200. The molecule has 1 amide bonds. The van der Waals surface area contributed by atoms with E-state index in [0.29, 0.717) is 11.6 Å². The Morgan fingerprint density at radius 1 is 1.04 bits per heavy atom. The van der Waals surface area contributed by atoms with Crippen molar-refractivity contribution in [3.8, 4) is 17.4 Å². The highest BCUT2D eigenvalue weighted by molar-refractivity contribution is 5.85. The molecule has 1 N–H and O–H groups in total. The van der Waals surface area contributed by atoms with Crippen LogP contribution in [0.25, 0.3) is 10.8 Å². The highest BCUT2D eigenvalue weighted by Gasteiger charge is 2.08. The van der Waals surface area contributed by atoms with Crippen LogP contribution < -0.4 is 14.8 Å². The summed E-state index contributed by atoms with van der Waals surface area (Å²) < 4.78 is 10.9. The number of carbonyl (C=O) groups is 1. The third-order valence-corrected chi connectivity index (χ3v) is 3.91. The zero-order chi connectivity index (χ0) is 17.8. The smallest absolute Gasteiger partial charge is 0.217 e. The van der Waals surface area contributed by atoms with Crippen LogP contribution in [-0.4, -0.2) is 18.0 Å². The summed E-state index contributed by atoms with van der Waals surface area (Å²) in [5, 5.41) is 5.06. The Morgan fingerprint density at radius 2 is 1.76 bits per heavy atom. The number of hydrogen-bond acceptors (Lipinski definition) is 4. The van der Waals surface area contributed by atoms with Gasteiger partial charge in [-0.25, -0.2) is 4.98 Å². The van der Waals surface area contributed by atoms with Gasteiger partial charge in [0, 0.05) is 13.0 Å². The molecule has 0 aliphatic rings. The summed E-state index contributed by atoms with van der Waals surface area (Å²) in [7, 11) is 1.58. The van der Waals surface area contributed by atoms with E-state index in [4.69, 9.17) is 9.47 Å². The summed E-state index contributed by atoms with van der Waals surface area (Å²) in [6.07, 6.45) is 1.63. The van der Waals surface area contributed by atoms with E-state index in [1.165, 1.54) is 6.92 Å². The second-order valence-electron chi connectivity index (χ2n) is 5.83. The number of aromatic nitrogens is 1. The van der Waals surface area contributed by atoms with Gasteiger partial charge in [0.05, 0.1) is 19.3 Å². The summed E-state index contributed by atoms with van der Waals surface area (Å²) in [5.41, 5.74) is 1.07. The molecule has 0 radical (unpaired) electrons. The van der Waals surface area contributed by atoms with E-state index in [0.717, 1.165) is 22.1 Å². The van der Waals surface area contributed by atoms with E-state index in [-0.39, 0.29) is 11.9 Å². The van der Waals surface area contributed by atoms with E-state index < -0.39 is 0 Å². The van der Waals surface area contributed by atoms with E-state index in [9.17, 15) is 4.79 Å². The first-order valence-electron chi connectivity index (χ1n) is 8.04. The molecule has 1 heterocycles. The quantitative estimate of drug-likeness (QED) is 0.757. The van der Waals surface area contributed by atoms with Gasteiger partial charge in [0.1, 0.15) is 11.5 Å². The van der Waals surface area contributed by atoms with Gasteiger partial charge in [-0.05, 0) is 47.5 Å². The average Bonchev–Trinajstić information content (AvgIpc) is 2.61. The minimum Gasteiger partial charge on any atom is -0.481 e. The second kappa shape index (κ2) is 7.21. The van der Waals surface area contributed by atoms with Gasteiger partial charge in [-0.1, -0.05) is 18.2 Å². The summed E-state index contributed by atoms with van der Waals surface area (Å²) in [5.74, 6) is 1.90. The largest absolute Gasteiger partial charge is 0.481 e. The van der Waals surface area contributed by atoms with Crippen molar-refractivity contribution in [3.05, 3.63) is 60.3 Å². The Morgan fingerprint density at radius 3 is 2.44 bits per heavy atom. The topological polar surface area (TPSA) is 60.5 Å². The van der Waals surface area contributed by atoms with Crippen molar-refractivity contribution in [1.82, 2.24) is 10.3 Å². The molecule has 2 aromatic carbocycles. The number of fused-ring (bicyclic) bond motifs is 1. The minimum absolute atomic E-state index is 0.0248. The zero-order valence-electron chi connectivity index (χ0n) is 14.4. The monoisotopic (exact) mass is 336 g/mol. The van der Waals surface area contributed by atoms with E-state index >= 15 is 0 Å². The van der Waals surface area contributed by atoms with Gasteiger partial charge in [0.15, 0.2) is 0 Å². The maximum Gasteiger partial charge on any atom is 0.217 e. The number of nitrogens with one attached hydrogen (secondary N) is 1. The van der Waals surface area contributed by atoms with Gasteiger partial charge in [-0.3, -0.25) is 4.79 Å². The Kier molecular flexibility index (Phi) is 4.84. The molecule has 0 aliphatic carbocycles. The zero-order valence-corrected chi connectivity index (χ0v) is 14.4. The van der Waals surface area contributed by atoms with Crippen LogP contribution in [-0.2, 0) is 4.79 Å². The van der Waals surface area contributed by atoms with Gasteiger partial charge in [-0.2, -0.15) is 0 Å². The van der Waals surface area contributed by atoms with Crippen molar-refractivity contribution < 1.29 is 14.3 Å². The lowest BCUT2D eigenvalue weighted by molar-refractivity contribution is -0.119. The first kappa shape index (κ1) is 16.8. The van der Waals surface area contributed by atoms with E-state index in [1.807, 2.05) is 43.3 Å². The van der Waals surface area contributed by atoms with Crippen molar-refractivity contribution in [2.45, 2.75) is 19.9 Å². The van der Waals surface area contributed by atoms with Crippen LogP contribution in [0.1, 0.15) is 25.5 Å². The number of pyridine rings is 1. The van der Waals surface area contributed by atoms with Crippen LogP contribution >= 0.6 is 0 Å². The lowest BCUT2D eigenvalue weighted by atomic mass is 10.0. The predicted octanol–water partition coefficient (Wildman–Crippen LogP) is 4.23. The van der Waals surface area contributed by atoms with Crippen molar-refractivity contribution in [2.24, 2.45) is 0 Å². The first-order chi connectivity index (χ1) is 12.0. The summed E-state index contributed by atoms with van der Waals surface area (Å²) in [4.78, 5) is 15.3. The van der Waals surface area contributed by atoms with Gasteiger partial charge < -0.3 is 14.8 Å². The maximum absolute atomic E-state index is 11.2. The third kappa shape index (κ3) is 4.07. The Labute approximate surface area is 146 Å². The van der Waals surface area contributed by atoms with Gasteiger partial charge in [0.25, 0.3) is 0 Å². The SMILES string of the molecule is COc1ccc(Oc2ccc3cc(C(C)NC(C)=O)ccc3c2)cn1. The first-order valence-corrected chi connectivity index (χ1v) is 8.04. The predicted molar refractivity (Wildman–Crippen MR) is 97.0 cm³/mol. The van der Waals surface area contributed by atoms with Gasteiger partial charge in [0.2, 0.25) is 11.8 Å². The molecule has 1 aromatic heterocycles. The molecule has 5 nitrogen and oxygen atoms in total. The lowest BCUT2D eigenvalue weighted by Crippen LogP contribution is -2.23. The molecule has 0 fully saturated rings. The summed E-state index contributed by atoms with van der Waals surface area (Å²) in [6, 6.07) is 15.6. The molecule has 3 aromatic rings. The number of hydrogen-bond donors (Lipinski definition) is 1. The average molecular weight is 336 g/mol. The molecule has 0 saturated heterocycles. The highest BCUT2D eigenvalue weighted by Crippen LogP contribution is 2.27. The summed E-state index contributed by atoms with van der Waals surface area (Å²) >= 11 is 0. The van der Waals surface area contributed by atoms with Crippen LogP contribution in [0.3, 0.4) is 0 Å². The second-order valence-corrected chi connectivity index (χ2v) is 5.83. The molecule has 25 heavy (non-hydrogen) atoms. The fourth-order valence-corrected chi connectivity index (χ4v) is 2.65. The summed E-state index contributed by atoms with van der Waals surface area (Å²) in [6.45, 7) is 3.49. The maximum atomic E-state index is 11.2. The molecule has 0 aliphatic heterocycles. The molecule has 0 bridgehead atoms. The van der Waals surface area contributed by atoms with Crippen LogP contribution in [0.2, 0.25) is 0 Å². The Bertz CT molecular complexity index is 891. The molecule has 128 valence electrons. The number of nitrogens with zero attached hydrogens (tertiary/aromatic N) is 1. The molecule has 1 atom stereocenters. The van der Waals surface area contributed by atoms with E-state index in [1.54, 1.807) is 19.4 Å². The normalized spacial score (nSPS) is 11.8. The molecule has 0 saturated carbocycles. The molecule has 5 heteroatoms. The molecular formula is C20H20N2O3. The van der Waals surface area contributed by atoms with Gasteiger partial charge in [-0.15, -0.1) is 0 Å². The number of amides is 1.